The van der Waals surface area contributed by atoms with E-state index in [9.17, 15) is 24.6 Å². The molecular weight excluding hydrogens is 474 g/mol. The van der Waals surface area contributed by atoms with Crippen LogP contribution in [0.25, 0.3) is 0 Å². The van der Waals surface area contributed by atoms with Crippen LogP contribution in [-0.2, 0) is 20.7 Å². The van der Waals surface area contributed by atoms with Gasteiger partial charge in [-0.3, -0.25) is 9.59 Å². The molecule has 0 fully saturated rings. The van der Waals surface area contributed by atoms with Crippen LogP contribution in [0.15, 0.2) is 48.5 Å². The molecule has 0 aromatic heterocycles. The molecule has 0 aliphatic heterocycles. The van der Waals surface area contributed by atoms with Crippen LogP contribution in [-0.4, -0.2) is 57.8 Å². The number of phenolic OH excluding ortho intramolecular Hbond substituents is 2. The average Bonchev–Trinajstić information content (AvgIpc) is 2.82. The van der Waals surface area contributed by atoms with Gasteiger partial charge in [0.15, 0.2) is 0 Å². The van der Waals surface area contributed by atoms with E-state index >= 15 is 0 Å². The Morgan fingerprint density at radius 2 is 1.65 bits per heavy atom. The first-order chi connectivity index (χ1) is 17.5. The number of hydrogen-bond acceptors (Lipinski definition) is 6. The Hall–Kier alpha value is -3.75. The average molecular weight is 514 g/mol. The van der Waals surface area contributed by atoms with Gasteiger partial charge in [-0.1, -0.05) is 43.7 Å². The van der Waals surface area contributed by atoms with Crippen molar-refractivity contribution in [2.24, 2.45) is 0 Å². The number of amides is 3. The number of unbranched alkanes of at least 4 members (excludes halogenated alkanes) is 1. The zero-order valence-electron chi connectivity index (χ0n) is 22.3. The SMILES string of the molecule is CCCCNC(=O)C(c1ccccc1O)N(CC)C(=O)C(Cc1ccc(O)cc1)NC(=O)OC(C)(C)C. The monoisotopic (exact) mass is 513 g/mol. The van der Waals surface area contributed by atoms with Gasteiger partial charge in [0.05, 0.1) is 0 Å². The summed E-state index contributed by atoms with van der Waals surface area (Å²) in [7, 11) is 0. The number of rotatable bonds is 11. The van der Waals surface area contributed by atoms with Crippen LogP contribution in [0.2, 0.25) is 0 Å². The number of carbonyl (C=O) groups excluding carboxylic acids is 3. The molecule has 202 valence electrons. The molecule has 0 aliphatic rings. The van der Waals surface area contributed by atoms with Gasteiger partial charge in [-0.05, 0) is 57.9 Å². The van der Waals surface area contributed by atoms with E-state index in [0.29, 0.717) is 12.1 Å². The van der Waals surface area contributed by atoms with Gasteiger partial charge in [0.2, 0.25) is 11.8 Å². The molecule has 2 aromatic rings. The summed E-state index contributed by atoms with van der Waals surface area (Å²) >= 11 is 0. The van der Waals surface area contributed by atoms with Crippen LogP contribution in [0.5, 0.6) is 11.5 Å². The number of phenols is 2. The Bertz CT molecular complexity index is 1050. The Morgan fingerprint density at radius 1 is 1.00 bits per heavy atom. The second kappa shape index (κ2) is 13.5. The molecule has 2 unspecified atom stereocenters. The molecule has 2 aromatic carbocycles. The van der Waals surface area contributed by atoms with Gasteiger partial charge >= 0.3 is 6.09 Å². The lowest BCUT2D eigenvalue weighted by atomic mass is 9.99. The third kappa shape index (κ3) is 9.00. The molecule has 3 amide bonds. The quantitative estimate of drug-likeness (QED) is 0.336. The summed E-state index contributed by atoms with van der Waals surface area (Å²) in [6, 6.07) is 10.5. The number of nitrogens with zero attached hydrogens (tertiary/aromatic N) is 1. The highest BCUT2D eigenvalue weighted by Gasteiger charge is 2.36. The standard InChI is InChI=1S/C28H39N3O6/c1-6-8-17-29-25(34)24(21-11-9-10-12-23(21)33)31(7-2)26(35)22(30-27(36)37-28(3,4)5)18-19-13-15-20(32)16-14-19/h9-16,22,24,32-33H,6-8,17-18H2,1-5H3,(H,29,34)(H,30,36). The molecule has 0 spiro atoms. The largest absolute Gasteiger partial charge is 0.508 e. The molecule has 2 atom stereocenters. The van der Waals surface area contributed by atoms with Crippen LogP contribution in [0, 0.1) is 0 Å². The molecule has 0 radical (unpaired) electrons. The first-order valence-electron chi connectivity index (χ1n) is 12.6. The van der Waals surface area contributed by atoms with Crippen molar-refractivity contribution in [2.45, 2.75) is 71.6 Å². The van der Waals surface area contributed by atoms with Crippen molar-refractivity contribution in [3.63, 3.8) is 0 Å². The fourth-order valence-corrected chi connectivity index (χ4v) is 3.84. The van der Waals surface area contributed by atoms with Crippen molar-refractivity contribution in [2.75, 3.05) is 13.1 Å². The van der Waals surface area contributed by atoms with Gasteiger partial charge in [-0.2, -0.15) is 0 Å². The van der Waals surface area contributed by atoms with Crippen molar-refractivity contribution in [1.29, 1.82) is 0 Å². The number of hydrogen-bond donors (Lipinski definition) is 4. The summed E-state index contributed by atoms with van der Waals surface area (Å²) in [6.07, 6.45) is 0.974. The van der Waals surface area contributed by atoms with Crippen LogP contribution in [0.1, 0.15) is 64.6 Å². The predicted molar refractivity (Wildman–Crippen MR) is 141 cm³/mol. The van der Waals surface area contributed by atoms with E-state index in [1.807, 2.05) is 6.92 Å². The normalized spacial score (nSPS) is 12.8. The van der Waals surface area contributed by atoms with Crippen molar-refractivity contribution < 1.29 is 29.3 Å². The first-order valence-corrected chi connectivity index (χ1v) is 12.6. The summed E-state index contributed by atoms with van der Waals surface area (Å²) in [6.45, 7) is 9.46. The number of benzene rings is 2. The van der Waals surface area contributed by atoms with Crippen molar-refractivity contribution in [3.05, 3.63) is 59.7 Å². The number of aromatic hydroxyl groups is 2. The topological polar surface area (TPSA) is 128 Å². The third-order valence-electron chi connectivity index (χ3n) is 5.61. The Morgan fingerprint density at radius 3 is 2.22 bits per heavy atom. The number of ether oxygens (including phenoxy) is 1. The maximum absolute atomic E-state index is 14.0. The van der Waals surface area contributed by atoms with Gasteiger partial charge in [0, 0.05) is 25.1 Å². The van der Waals surface area contributed by atoms with Crippen LogP contribution < -0.4 is 10.6 Å². The number of nitrogens with one attached hydrogen (secondary N) is 2. The Labute approximate surface area is 218 Å². The lowest BCUT2D eigenvalue weighted by molar-refractivity contribution is -0.142. The van der Waals surface area contributed by atoms with Crippen molar-refractivity contribution in [1.82, 2.24) is 15.5 Å². The summed E-state index contributed by atoms with van der Waals surface area (Å²) < 4.78 is 5.39. The summed E-state index contributed by atoms with van der Waals surface area (Å²) in [5.74, 6) is -0.976. The number of carbonyl (C=O) groups is 3. The maximum atomic E-state index is 14.0. The summed E-state index contributed by atoms with van der Waals surface area (Å²) in [4.78, 5) is 41.3. The third-order valence-corrected chi connectivity index (χ3v) is 5.61. The summed E-state index contributed by atoms with van der Waals surface area (Å²) in [5.41, 5.74) is 0.195. The predicted octanol–water partition coefficient (Wildman–Crippen LogP) is 4.04. The fourth-order valence-electron chi connectivity index (χ4n) is 3.84. The van der Waals surface area contributed by atoms with Crippen LogP contribution in [0.3, 0.4) is 0 Å². The Kier molecular flexibility index (Phi) is 10.8. The molecule has 0 heterocycles. The molecule has 37 heavy (non-hydrogen) atoms. The lowest BCUT2D eigenvalue weighted by Crippen LogP contribution is -2.53. The van der Waals surface area contributed by atoms with Crippen LogP contribution >= 0.6 is 0 Å². The van der Waals surface area contributed by atoms with E-state index in [4.69, 9.17) is 4.74 Å². The van der Waals surface area contributed by atoms with Gasteiger partial charge in [-0.25, -0.2) is 4.79 Å². The van der Waals surface area contributed by atoms with Crippen molar-refractivity contribution in [3.8, 4) is 11.5 Å². The fraction of sp³-hybridized carbons (Fsp3) is 0.464. The molecule has 2 rings (SSSR count). The number of alkyl carbamates (subject to hydrolysis) is 1. The molecule has 9 heteroatoms. The second-order valence-electron chi connectivity index (χ2n) is 9.80. The molecule has 4 N–H and O–H groups in total. The summed E-state index contributed by atoms with van der Waals surface area (Å²) in [5, 5.41) is 25.7. The zero-order valence-corrected chi connectivity index (χ0v) is 22.3. The van der Waals surface area contributed by atoms with Gasteiger partial charge in [0.25, 0.3) is 0 Å². The van der Waals surface area contributed by atoms with E-state index in [0.717, 1.165) is 12.8 Å². The molecule has 0 saturated heterocycles. The lowest BCUT2D eigenvalue weighted by Gasteiger charge is -2.34. The highest BCUT2D eigenvalue weighted by Crippen LogP contribution is 2.30. The minimum atomic E-state index is -1.11. The molecular formula is C28H39N3O6. The van der Waals surface area contributed by atoms with Gasteiger partial charge < -0.3 is 30.5 Å². The van der Waals surface area contributed by atoms with E-state index in [1.54, 1.807) is 58.0 Å². The molecule has 0 aliphatic carbocycles. The van der Waals surface area contributed by atoms with E-state index in [1.165, 1.54) is 23.1 Å². The number of likely N-dealkylation sites (N-methyl/N-ethyl adjacent to an activating group) is 1. The van der Waals surface area contributed by atoms with Gasteiger partial charge in [0.1, 0.15) is 29.2 Å². The maximum Gasteiger partial charge on any atom is 0.408 e. The minimum absolute atomic E-state index is 0.0743. The smallest absolute Gasteiger partial charge is 0.408 e. The van der Waals surface area contributed by atoms with Crippen LogP contribution in [0.4, 0.5) is 4.79 Å². The van der Waals surface area contributed by atoms with Gasteiger partial charge in [-0.15, -0.1) is 0 Å². The van der Waals surface area contributed by atoms with E-state index in [2.05, 4.69) is 10.6 Å². The molecule has 9 nitrogen and oxygen atoms in total. The van der Waals surface area contributed by atoms with Crippen molar-refractivity contribution >= 4 is 17.9 Å². The molecule has 0 bridgehead atoms. The first kappa shape index (κ1) is 29.5. The van der Waals surface area contributed by atoms with E-state index < -0.39 is 35.6 Å². The highest BCUT2D eigenvalue weighted by atomic mass is 16.6. The zero-order chi connectivity index (χ0) is 27.6. The van der Waals surface area contributed by atoms with E-state index in [-0.39, 0.29) is 30.0 Å². The Balaban J connectivity index is 2.45. The molecule has 0 saturated carbocycles. The number of para-hydroxylation sites is 1. The minimum Gasteiger partial charge on any atom is -0.508 e. The highest BCUT2D eigenvalue weighted by molar-refractivity contribution is 5.92. The second-order valence-corrected chi connectivity index (χ2v) is 9.80.